The van der Waals surface area contributed by atoms with Crippen molar-refractivity contribution in [3.8, 4) is 0 Å². The van der Waals surface area contributed by atoms with Crippen molar-refractivity contribution in [3.05, 3.63) is 26.3 Å². The van der Waals surface area contributed by atoms with E-state index in [9.17, 15) is 18.0 Å². The number of nitrogens with zero attached hydrogens (tertiary/aromatic N) is 1. The minimum absolute atomic E-state index is 0.129. The van der Waals surface area contributed by atoms with Crippen molar-refractivity contribution in [1.29, 1.82) is 0 Å². The number of aromatic nitrogens is 2. The summed E-state index contributed by atoms with van der Waals surface area (Å²) in [6, 6.07) is 0. The lowest BCUT2D eigenvalue weighted by molar-refractivity contribution is -0.173. The molecule has 0 radical (unpaired) electrons. The number of nitrogens with one attached hydrogen (secondary N) is 1. The fourth-order valence-corrected chi connectivity index (χ4v) is 1.90. The van der Waals surface area contributed by atoms with E-state index in [-0.39, 0.29) is 18.6 Å². The minimum Gasteiger partial charge on any atom is -0.372 e. The summed E-state index contributed by atoms with van der Waals surface area (Å²) >= 11 is 3.16. The molecule has 1 rings (SSSR count). The molecule has 0 aliphatic heterocycles. The number of aromatic amines is 1. The van der Waals surface area contributed by atoms with Crippen LogP contribution in [0.15, 0.2) is 9.27 Å². The van der Waals surface area contributed by atoms with Gasteiger partial charge in [-0.2, -0.15) is 13.2 Å². The van der Waals surface area contributed by atoms with E-state index in [1.54, 1.807) is 0 Å². The molecule has 0 amide bonds. The van der Waals surface area contributed by atoms with E-state index >= 15 is 0 Å². The normalized spacial score (nSPS) is 12.2. The van der Waals surface area contributed by atoms with Crippen LogP contribution in [0.3, 0.4) is 0 Å². The molecule has 114 valence electrons. The van der Waals surface area contributed by atoms with E-state index < -0.39 is 12.8 Å². The summed E-state index contributed by atoms with van der Waals surface area (Å²) in [7, 11) is 0. The van der Waals surface area contributed by atoms with E-state index in [1.165, 1.54) is 0 Å². The molecule has 0 aromatic carbocycles. The van der Waals surface area contributed by atoms with Crippen LogP contribution in [0.2, 0.25) is 0 Å². The molecule has 1 N–H and O–H groups in total. The predicted molar refractivity (Wildman–Crippen MR) is 71.7 cm³/mol. The molecule has 1 heterocycles. The van der Waals surface area contributed by atoms with Gasteiger partial charge >= 0.3 is 6.18 Å². The fourth-order valence-electron chi connectivity index (χ4n) is 1.55. The Morgan fingerprint density at radius 2 is 2.05 bits per heavy atom. The van der Waals surface area contributed by atoms with Crippen LogP contribution in [0.5, 0.6) is 0 Å². The Labute approximate surface area is 122 Å². The number of H-pyrrole nitrogens is 1. The first-order valence-corrected chi connectivity index (χ1v) is 6.90. The van der Waals surface area contributed by atoms with E-state index in [2.05, 4.69) is 30.6 Å². The van der Waals surface area contributed by atoms with Crippen molar-refractivity contribution < 1.29 is 17.9 Å². The smallest absolute Gasteiger partial charge is 0.372 e. The third kappa shape index (κ3) is 6.04. The first kappa shape index (κ1) is 17.2. The third-order valence-corrected chi connectivity index (χ3v) is 3.15. The Bertz CT molecular complexity index is 500. The Kier molecular flexibility index (Phi) is 6.19. The molecule has 0 bridgehead atoms. The van der Waals surface area contributed by atoms with Crippen molar-refractivity contribution >= 4 is 15.9 Å². The molecular formula is C12H16BrF3N2O2. The molecule has 0 atom stereocenters. The quantitative estimate of drug-likeness (QED) is 0.797. The number of hydrogen-bond donors (Lipinski definition) is 1. The van der Waals surface area contributed by atoms with Gasteiger partial charge in [0.1, 0.15) is 16.9 Å². The van der Waals surface area contributed by atoms with Crippen LogP contribution in [0.1, 0.15) is 25.4 Å². The molecule has 0 aliphatic carbocycles. The van der Waals surface area contributed by atoms with Gasteiger partial charge in [-0.1, -0.05) is 13.8 Å². The maximum Gasteiger partial charge on any atom is 0.411 e. The molecule has 0 saturated heterocycles. The summed E-state index contributed by atoms with van der Waals surface area (Å²) in [6.45, 7) is 2.53. The number of rotatable bonds is 6. The van der Waals surface area contributed by atoms with Gasteiger partial charge in [-0.05, 0) is 28.3 Å². The van der Waals surface area contributed by atoms with Gasteiger partial charge in [0, 0.05) is 6.42 Å². The Hall–Kier alpha value is -0.890. The average Bonchev–Trinajstić information content (AvgIpc) is 2.29. The average molecular weight is 357 g/mol. The maximum atomic E-state index is 11.9. The van der Waals surface area contributed by atoms with Gasteiger partial charge < -0.3 is 9.72 Å². The molecule has 20 heavy (non-hydrogen) atoms. The van der Waals surface area contributed by atoms with Crippen molar-refractivity contribution in [2.75, 3.05) is 13.2 Å². The summed E-state index contributed by atoms with van der Waals surface area (Å²) in [5.41, 5.74) is 0.274. The predicted octanol–water partition coefficient (Wildman–Crippen LogP) is 2.85. The molecule has 0 fully saturated rings. The zero-order valence-electron chi connectivity index (χ0n) is 11.2. The maximum absolute atomic E-state index is 11.9. The molecule has 1 aromatic heterocycles. The topological polar surface area (TPSA) is 55.0 Å². The molecular weight excluding hydrogens is 341 g/mol. The fraction of sp³-hybridized carbons (Fsp3) is 0.667. The first-order chi connectivity index (χ1) is 9.19. The minimum atomic E-state index is -4.34. The number of hydrogen-bond acceptors (Lipinski definition) is 3. The van der Waals surface area contributed by atoms with Gasteiger partial charge in [-0.25, -0.2) is 4.98 Å². The second-order valence-corrected chi connectivity index (χ2v) is 5.58. The van der Waals surface area contributed by atoms with E-state index in [4.69, 9.17) is 0 Å². The highest BCUT2D eigenvalue weighted by Gasteiger charge is 2.27. The summed E-state index contributed by atoms with van der Waals surface area (Å²) < 4.78 is 40.6. The van der Waals surface area contributed by atoms with E-state index in [0.29, 0.717) is 28.3 Å². The summed E-state index contributed by atoms with van der Waals surface area (Å²) in [5, 5.41) is 0. The number of ether oxygens (including phenoxy) is 1. The second kappa shape index (κ2) is 7.21. The van der Waals surface area contributed by atoms with Crippen LogP contribution < -0.4 is 5.56 Å². The molecule has 0 unspecified atom stereocenters. The first-order valence-electron chi connectivity index (χ1n) is 6.11. The Morgan fingerprint density at radius 3 is 2.60 bits per heavy atom. The second-order valence-electron chi connectivity index (χ2n) is 4.79. The van der Waals surface area contributed by atoms with Crippen LogP contribution in [-0.4, -0.2) is 29.4 Å². The van der Waals surface area contributed by atoms with E-state index in [1.807, 2.05) is 13.8 Å². The molecule has 0 saturated carbocycles. The molecule has 4 nitrogen and oxygen atoms in total. The van der Waals surface area contributed by atoms with Gasteiger partial charge in [0.25, 0.3) is 5.56 Å². The lowest BCUT2D eigenvalue weighted by Gasteiger charge is -2.10. The molecule has 1 aromatic rings. The molecule has 8 heteroatoms. The summed E-state index contributed by atoms with van der Waals surface area (Å²) in [5.74, 6) is 0.644. The standard InChI is InChI=1S/C12H16BrF3N2O2/c1-7(2)5-8-10(13)11(19)18-9(17-8)3-4-20-6-12(14,15)16/h7H,3-6H2,1-2H3,(H,17,18,19). The van der Waals surface area contributed by atoms with Gasteiger partial charge in [0.15, 0.2) is 0 Å². The van der Waals surface area contributed by atoms with Gasteiger partial charge in [0.2, 0.25) is 0 Å². The highest BCUT2D eigenvalue weighted by molar-refractivity contribution is 9.10. The van der Waals surface area contributed by atoms with Crippen molar-refractivity contribution in [3.63, 3.8) is 0 Å². The highest BCUT2D eigenvalue weighted by Crippen LogP contribution is 2.15. The van der Waals surface area contributed by atoms with Crippen LogP contribution >= 0.6 is 15.9 Å². The largest absolute Gasteiger partial charge is 0.411 e. The van der Waals surface area contributed by atoms with Gasteiger partial charge in [-0.15, -0.1) is 0 Å². The van der Waals surface area contributed by atoms with Crippen LogP contribution in [-0.2, 0) is 17.6 Å². The third-order valence-electron chi connectivity index (χ3n) is 2.33. The van der Waals surface area contributed by atoms with Crippen molar-refractivity contribution in [1.82, 2.24) is 9.97 Å². The van der Waals surface area contributed by atoms with Crippen LogP contribution in [0.4, 0.5) is 13.2 Å². The van der Waals surface area contributed by atoms with Crippen molar-refractivity contribution in [2.24, 2.45) is 5.92 Å². The summed E-state index contributed by atoms with van der Waals surface area (Å²) in [6.07, 6.45) is -3.60. The number of halogens is 4. The Morgan fingerprint density at radius 1 is 1.40 bits per heavy atom. The lowest BCUT2D eigenvalue weighted by Crippen LogP contribution is -2.20. The zero-order valence-corrected chi connectivity index (χ0v) is 12.8. The zero-order chi connectivity index (χ0) is 15.3. The molecule has 0 spiro atoms. The SMILES string of the molecule is CC(C)Cc1nc(CCOCC(F)(F)F)[nH]c(=O)c1Br. The highest BCUT2D eigenvalue weighted by atomic mass is 79.9. The van der Waals surface area contributed by atoms with Crippen LogP contribution in [0, 0.1) is 5.92 Å². The van der Waals surface area contributed by atoms with Gasteiger partial charge in [0.05, 0.1) is 12.3 Å². The number of alkyl halides is 3. The Balaban J connectivity index is 2.67. The van der Waals surface area contributed by atoms with Gasteiger partial charge in [-0.3, -0.25) is 4.79 Å². The lowest BCUT2D eigenvalue weighted by atomic mass is 10.1. The van der Waals surface area contributed by atoms with E-state index in [0.717, 1.165) is 0 Å². The molecule has 0 aliphatic rings. The monoisotopic (exact) mass is 356 g/mol. The van der Waals surface area contributed by atoms with Crippen LogP contribution in [0.25, 0.3) is 0 Å². The summed E-state index contributed by atoms with van der Waals surface area (Å²) in [4.78, 5) is 18.4. The van der Waals surface area contributed by atoms with Crippen molar-refractivity contribution in [2.45, 2.75) is 32.9 Å².